The van der Waals surface area contributed by atoms with E-state index in [4.69, 9.17) is 11.0 Å². The van der Waals surface area contributed by atoms with Gasteiger partial charge in [0.1, 0.15) is 11.2 Å². The normalized spacial score (nSPS) is 12.8. The number of benzene rings is 9. The van der Waals surface area contributed by atoms with E-state index in [1.165, 1.54) is 59.7 Å². The molecule has 262 valence electrons. The molecule has 0 unspecified atom stereocenters. The molecule has 2 aliphatic heterocycles. The zero-order valence-electron chi connectivity index (χ0n) is 30.7. The maximum atomic E-state index is 10.2. The van der Waals surface area contributed by atoms with E-state index in [1.54, 1.807) is 0 Å². The van der Waals surface area contributed by atoms with Gasteiger partial charge in [-0.3, -0.25) is 0 Å². The van der Waals surface area contributed by atoms with Gasteiger partial charge in [-0.15, -0.1) is 0 Å². The molecule has 0 saturated heterocycles. The van der Waals surface area contributed by atoms with Crippen LogP contribution in [0.2, 0.25) is 0 Å². The van der Waals surface area contributed by atoms with Gasteiger partial charge in [0.15, 0.2) is 5.69 Å². The number of nitriles is 1. The van der Waals surface area contributed by atoms with Crippen molar-refractivity contribution < 1.29 is 4.42 Å². The molecule has 0 N–H and O–H groups in total. The average molecular weight is 733 g/mol. The number of rotatable bonds is 1. The number of furan rings is 1. The van der Waals surface area contributed by atoms with Crippen molar-refractivity contribution in [3.63, 3.8) is 0 Å². The first-order valence-corrected chi connectivity index (χ1v) is 19.5. The van der Waals surface area contributed by atoms with Gasteiger partial charge in [0, 0.05) is 43.8 Å². The van der Waals surface area contributed by atoms with E-state index in [0.717, 1.165) is 66.2 Å². The van der Waals surface area contributed by atoms with Crippen LogP contribution in [0.4, 0.5) is 5.69 Å². The van der Waals surface area contributed by atoms with Crippen LogP contribution < -0.4 is 16.4 Å². The van der Waals surface area contributed by atoms with Gasteiger partial charge in [0.2, 0.25) is 0 Å². The summed E-state index contributed by atoms with van der Waals surface area (Å²) >= 11 is 0. The number of fused-ring (bicyclic) bond motifs is 17. The second-order valence-corrected chi connectivity index (χ2v) is 15.8. The van der Waals surface area contributed by atoms with Crippen LogP contribution in [-0.4, -0.2) is 15.8 Å². The van der Waals surface area contributed by atoms with Crippen LogP contribution in [-0.2, 0) is 0 Å². The Labute approximate surface area is 330 Å². The zero-order chi connectivity index (χ0) is 38.0. The van der Waals surface area contributed by atoms with Gasteiger partial charge in [-0.1, -0.05) is 91.0 Å². The van der Waals surface area contributed by atoms with Gasteiger partial charge < -0.3 is 13.6 Å². The minimum Gasteiger partial charge on any atom is -0.456 e. The Hall–Kier alpha value is -8.06. The predicted molar refractivity (Wildman–Crippen MR) is 238 cm³/mol. The summed E-state index contributed by atoms with van der Waals surface area (Å²) < 4.78 is 11.4. The summed E-state index contributed by atoms with van der Waals surface area (Å²) in [5.74, 6) is 0. The molecule has 58 heavy (non-hydrogen) atoms. The molecule has 6 heteroatoms. The Balaban J connectivity index is 1.22. The predicted octanol–water partition coefficient (Wildman–Crippen LogP) is 11.3. The van der Waals surface area contributed by atoms with E-state index in [1.807, 2.05) is 24.3 Å². The van der Waals surface area contributed by atoms with Gasteiger partial charge >= 0.3 is 0 Å². The Kier molecular flexibility index (Phi) is 5.42. The van der Waals surface area contributed by atoms with Crippen molar-refractivity contribution in [1.82, 2.24) is 9.13 Å². The van der Waals surface area contributed by atoms with Crippen molar-refractivity contribution >= 4 is 116 Å². The molecule has 0 aliphatic carbocycles. The van der Waals surface area contributed by atoms with E-state index in [2.05, 4.69) is 147 Å². The van der Waals surface area contributed by atoms with Gasteiger partial charge in [-0.05, 0) is 115 Å². The quantitative estimate of drug-likeness (QED) is 0.125. The Bertz CT molecular complexity index is 3820. The molecule has 0 amide bonds. The van der Waals surface area contributed by atoms with Crippen molar-refractivity contribution in [2.45, 2.75) is 0 Å². The van der Waals surface area contributed by atoms with Crippen LogP contribution >= 0.6 is 0 Å². The molecule has 0 fully saturated rings. The van der Waals surface area contributed by atoms with Crippen molar-refractivity contribution in [1.29, 1.82) is 5.26 Å². The second kappa shape index (κ2) is 10.4. The third kappa shape index (κ3) is 3.57. The first-order valence-electron chi connectivity index (χ1n) is 19.5. The summed E-state index contributed by atoms with van der Waals surface area (Å²) in [6, 6.07) is 56.5. The molecule has 5 nitrogen and oxygen atoms in total. The summed E-state index contributed by atoms with van der Waals surface area (Å²) in [6.45, 7) is 7.91. The lowest BCUT2D eigenvalue weighted by molar-refractivity contribution is 0.669. The van der Waals surface area contributed by atoms with E-state index in [0.29, 0.717) is 11.3 Å². The fourth-order valence-electron chi connectivity index (χ4n) is 10.8. The molecule has 0 spiro atoms. The van der Waals surface area contributed by atoms with Gasteiger partial charge in [-0.2, -0.15) is 5.26 Å². The molecule has 0 radical (unpaired) electrons. The molecule has 0 bridgehead atoms. The first-order chi connectivity index (χ1) is 28.7. The maximum absolute atomic E-state index is 10.2. The smallest absolute Gasteiger partial charge is 0.252 e. The fraction of sp³-hybridized carbons (Fsp3) is 0. The van der Waals surface area contributed by atoms with Crippen molar-refractivity contribution in [2.75, 3.05) is 0 Å². The molecule has 2 aliphatic rings. The summed E-state index contributed by atoms with van der Waals surface area (Å²) in [5.41, 5.74) is 15.7. The number of hydrogen-bond acceptors (Lipinski definition) is 2. The second-order valence-electron chi connectivity index (χ2n) is 15.8. The van der Waals surface area contributed by atoms with Crippen LogP contribution in [0.25, 0.3) is 114 Å². The first kappa shape index (κ1) is 30.2. The fourth-order valence-corrected chi connectivity index (χ4v) is 10.8. The topological polar surface area (TPSA) is 51.1 Å². The van der Waals surface area contributed by atoms with E-state index in [-0.39, 0.29) is 6.71 Å². The molecule has 5 heterocycles. The van der Waals surface area contributed by atoms with E-state index < -0.39 is 0 Å². The Morgan fingerprint density at radius 3 is 1.81 bits per heavy atom. The summed E-state index contributed by atoms with van der Waals surface area (Å²) in [4.78, 5) is 3.90. The Morgan fingerprint density at radius 1 is 0.534 bits per heavy atom. The lowest BCUT2D eigenvalue weighted by Crippen LogP contribution is -2.59. The number of nitrogens with zero attached hydrogens (tertiary/aromatic N) is 4. The Morgan fingerprint density at radius 2 is 1.14 bits per heavy atom. The van der Waals surface area contributed by atoms with Gasteiger partial charge in [0.25, 0.3) is 6.71 Å². The van der Waals surface area contributed by atoms with Crippen molar-refractivity contribution in [3.05, 3.63) is 169 Å². The van der Waals surface area contributed by atoms with Gasteiger partial charge in [-0.25, -0.2) is 4.85 Å². The van der Waals surface area contributed by atoms with E-state index in [9.17, 15) is 5.26 Å². The minimum absolute atomic E-state index is 0.0829. The molecular weight excluding hydrogens is 707 g/mol. The highest BCUT2D eigenvalue weighted by Crippen LogP contribution is 2.45. The number of aromatic nitrogens is 2. The van der Waals surface area contributed by atoms with Crippen LogP contribution in [0.15, 0.2) is 156 Å². The SMILES string of the molecule is [C-]#[N+]c1ccc2c(c1)c1c3ccccc3cc3c1n2-c1cc(-c2ccc4c(c2)oc2ccccc24)cc2c1B3c1cc3ccccc3c3c4cc(C#N)ccc4n-2c13. The molecule has 9 aromatic carbocycles. The standard InChI is InChI=1S/C52H25BN4O/c1-55-33-16-19-43-39(26-33)49-35-11-5-3-9-31(35)22-41-52(49)57(43)45-24-32(29-15-17-37-36-12-6-7-13-46(36)58-47(37)25-29)23-44-50(45)53(41)40-21-30-8-2-4-10-34(30)48-38-20-28(27-54)14-18-42(38)56(44)51(40)48/h2-26H. The third-order valence-corrected chi connectivity index (χ3v) is 13.0. The lowest BCUT2D eigenvalue weighted by Gasteiger charge is -2.34. The summed E-state index contributed by atoms with van der Waals surface area (Å²) in [5, 5.41) is 21.6. The highest BCUT2D eigenvalue weighted by Gasteiger charge is 2.42. The van der Waals surface area contributed by atoms with Crippen LogP contribution in [0, 0.1) is 17.9 Å². The average Bonchev–Trinajstić information content (AvgIpc) is 3.94. The van der Waals surface area contributed by atoms with Crippen molar-refractivity contribution in [3.8, 4) is 28.6 Å². The van der Waals surface area contributed by atoms with Crippen molar-refractivity contribution in [2.24, 2.45) is 0 Å². The van der Waals surface area contributed by atoms with Crippen LogP contribution in [0.3, 0.4) is 0 Å². The monoisotopic (exact) mass is 732 g/mol. The molecule has 12 aromatic rings. The molecule has 3 aromatic heterocycles. The highest BCUT2D eigenvalue weighted by molar-refractivity contribution is 7.00. The summed E-state index contributed by atoms with van der Waals surface area (Å²) in [7, 11) is 0. The minimum atomic E-state index is -0.0829. The van der Waals surface area contributed by atoms with Crippen LogP contribution in [0.1, 0.15) is 5.56 Å². The molecular formula is C52H25BN4O. The molecule has 0 saturated carbocycles. The lowest BCUT2D eigenvalue weighted by atomic mass is 9.34. The third-order valence-electron chi connectivity index (χ3n) is 13.0. The van der Waals surface area contributed by atoms with Gasteiger partial charge in [0.05, 0.1) is 34.8 Å². The van der Waals surface area contributed by atoms with Crippen LogP contribution in [0.5, 0.6) is 0 Å². The van der Waals surface area contributed by atoms with E-state index >= 15 is 0 Å². The molecule has 14 rings (SSSR count). The molecule has 0 atom stereocenters. The zero-order valence-corrected chi connectivity index (χ0v) is 30.7. The number of para-hydroxylation sites is 1. The largest absolute Gasteiger partial charge is 0.456 e. The number of hydrogen-bond donors (Lipinski definition) is 0. The highest BCUT2D eigenvalue weighted by atomic mass is 16.3. The summed E-state index contributed by atoms with van der Waals surface area (Å²) in [6.07, 6.45) is 0. The maximum Gasteiger partial charge on any atom is 0.252 e.